The number of aromatic nitrogens is 2. The smallest absolute Gasteiger partial charge is 0.329 e. The van der Waals surface area contributed by atoms with Gasteiger partial charge in [-0.05, 0) is 37.5 Å². The van der Waals surface area contributed by atoms with E-state index in [2.05, 4.69) is 4.98 Å². The average Bonchev–Trinajstić information content (AvgIpc) is 3.31. The quantitative estimate of drug-likeness (QED) is 0.694. The van der Waals surface area contributed by atoms with Crippen LogP contribution in [-0.2, 0) is 16.0 Å². The number of halogens is 1. The lowest BCUT2D eigenvalue weighted by molar-refractivity contribution is -0.142. The average molecular weight is 418 g/mol. The first kappa shape index (κ1) is 19.8. The molecule has 4 rings (SSSR count). The highest BCUT2D eigenvalue weighted by Gasteiger charge is 2.44. The lowest BCUT2D eigenvalue weighted by Crippen LogP contribution is -2.50. The highest BCUT2D eigenvalue weighted by atomic mass is 35.5. The predicted molar refractivity (Wildman–Crippen MR) is 107 cm³/mol. The number of fused-ring (bicyclic) bond motifs is 2. The minimum atomic E-state index is -0.274. The molecule has 1 amide bonds. The maximum absolute atomic E-state index is 12.8. The number of imidazole rings is 1. The van der Waals surface area contributed by atoms with E-state index in [1.54, 1.807) is 31.7 Å². The van der Waals surface area contributed by atoms with Gasteiger partial charge in [0.15, 0.2) is 0 Å². The Hall–Kier alpha value is -2.54. The van der Waals surface area contributed by atoms with Gasteiger partial charge in [0.1, 0.15) is 18.2 Å². The predicted octanol–water partition coefficient (Wildman–Crippen LogP) is 3.68. The zero-order valence-electron chi connectivity index (χ0n) is 16.3. The van der Waals surface area contributed by atoms with Gasteiger partial charge in [0.25, 0.3) is 0 Å². The fourth-order valence-electron chi connectivity index (χ4n) is 4.35. The Morgan fingerprint density at radius 1 is 1.24 bits per heavy atom. The standard InChI is InChI=1S/C21H24ClN3O4/c1-2-28-20(26)10-14-3-6-19(18(22)9-14)29-17-11-15-4-5-16(12-17)25(15)21(27)24-8-7-23-13-24/h3,6-9,13,15-17H,2,4-5,10-12H2,1H3. The van der Waals surface area contributed by atoms with Gasteiger partial charge in [0.05, 0.1) is 18.1 Å². The fraction of sp³-hybridized carbons (Fsp3) is 0.476. The van der Waals surface area contributed by atoms with E-state index in [-0.39, 0.29) is 36.6 Å². The molecule has 7 nitrogen and oxygen atoms in total. The monoisotopic (exact) mass is 417 g/mol. The molecule has 2 aromatic rings. The van der Waals surface area contributed by atoms with Crippen molar-refractivity contribution in [3.05, 3.63) is 47.5 Å². The Balaban J connectivity index is 1.39. The van der Waals surface area contributed by atoms with Crippen molar-refractivity contribution in [2.45, 2.75) is 57.2 Å². The van der Waals surface area contributed by atoms with Crippen molar-refractivity contribution in [3.8, 4) is 5.75 Å². The zero-order chi connectivity index (χ0) is 20.4. The molecule has 29 heavy (non-hydrogen) atoms. The first-order chi connectivity index (χ1) is 14.0. The second-order valence-electron chi connectivity index (χ2n) is 7.50. The summed E-state index contributed by atoms with van der Waals surface area (Å²) in [5.74, 6) is 0.335. The highest BCUT2D eigenvalue weighted by Crippen LogP contribution is 2.39. The second kappa shape index (κ2) is 8.45. The molecule has 0 spiro atoms. The van der Waals surface area contributed by atoms with Gasteiger partial charge in [0.2, 0.25) is 0 Å². The van der Waals surface area contributed by atoms with Crippen molar-refractivity contribution in [1.29, 1.82) is 0 Å². The van der Waals surface area contributed by atoms with Crippen LogP contribution in [0, 0.1) is 0 Å². The molecule has 0 N–H and O–H groups in total. The van der Waals surface area contributed by atoms with Crippen LogP contribution in [0.2, 0.25) is 5.02 Å². The van der Waals surface area contributed by atoms with Gasteiger partial charge in [-0.15, -0.1) is 0 Å². The molecule has 2 fully saturated rings. The Kier molecular flexibility index (Phi) is 5.76. The summed E-state index contributed by atoms with van der Waals surface area (Å²) in [7, 11) is 0. The molecule has 2 bridgehead atoms. The highest BCUT2D eigenvalue weighted by molar-refractivity contribution is 6.32. The van der Waals surface area contributed by atoms with Crippen molar-refractivity contribution in [2.75, 3.05) is 6.61 Å². The lowest BCUT2D eigenvalue weighted by Gasteiger charge is -2.38. The summed E-state index contributed by atoms with van der Waals surface area (Å²) in [6.45, 7) is 2.14. The van der Waals surface area contributed by atoms with Crippen LogP contribution >= 0.6 is 11.6 Å². The molecular weight excluding hydrogens is 394 g/mol. The number of benzene rings is 1. The number of hydrogen-bond donors (Lipinski definition) is 0. The summed E-state index contributed by atoms with van der Waals surface area (Å²) in [5, 5.41) is 0.482. The summed E-state index contributed by atoms with van der Waals surface area (Å²) in [5.41, 5.74) is 0.793. The Morgan fingerprint density at radius 3 is 2.62 bits per heavy atom. The minimum Gasteiger partial charge on any atom is -0.489 e. The van der Waals surface area contributed by atoms with Gasteiger partial charge in [-0.1, -0.05) is 17.7 Å². The van der Waals surface area contributed by atoms with E-state index < -0.39 is 0 Å². The molecule has 2 saturated heterocycles. The molecule has 0 radical (unpaired) electrons. The SMILES string of the molecule is CCOC(=O)Cc1ccc(OC2CC3CCC(C2)N3C(=O)n2ccnc2)c(Cl)c1. The molecular formula is C21H24ClN3O4. The van der Waals surface area contributed by atoms with E-state index in [0.29, 0.717) is 17.4 Å². The molecule has 1 aromatic heterocycles. The number of carbonyl (C=O) groups excluding carboxylic acids is 2. The van der Waals surface area contributed by atoms with E-state index in [0.717, 1.165) is 31.2 Å². The molecule has 0 saturated carbocycles. The molecule has 2 aliphatic heterocycles. The third-order valence-electron chi connectivity index (χ3n) is 5.58. The molecule has 8 heteroatoms. The largest absolute Gasteiger partial charge is 0.489 e. The van der Waals surface area contributed by atoms with Crippen molar-refractivity contribution >= 4 is 23.6 Å². The normalized spacial score (nSPS) is 23.1. The van der Waals surface area contributed by atoms with E-state index in [1.165, 1.54) is 4.57 Å². The van der Waals surface area contributed by atoms with Crippen LogP contribution in [0.5, 0.6) is 5.75 Å². The van der Waals surface area contributed by atoms with Crippen LogP contribution in [0.4, 0.5) is 4.79 Å². The Morgan fingerprint density at radius 2 is 2.00 bits per heavy atom. The van der Waals surface area contributed by atoms with Crippen molar-refractivity contribution in [2.24, 2.45) is 0 Å². The van der Waals surface area contributed by atoms with Crippen molar-refractivity contribution < 1.29 is 19.1 Å². The maximum atomic E-state index is 12.8. The third kappa shape index (κ3) is 4.24. The maximum Gasteiger partial charge on any atom is 0.329 e. The van der Waals surface area contributed by atoms with Gasteiger partial charge in [-0.2, -0.15) is 0 Å². The van der Waals surface area contributed by atoms with Crippen LogP contribution in [-0.4, -0.2) is 51.2 Å². The third-order valence-corrected chi connectivity index (χ3v) is 5.88. The molecule has 2 unspecified atom stereocenters. The summed E-state index contributed by atoms with van der Waals surface area (Å²) < 4.78 is 12.7. The Bertz CT molecular complexity index is 872. The van der Waals surface area contributed by atoms with E-state index in [1.807, 2.05) is 17.0 Å². The number of amides is 1. The number of nitrogens with zero attached hydrogens (tertiary/aromatic N) is 3. The van der Waals surface area contributed by atoms with Gasteiger partial charge in [-0.3, -0.25) is 9.36 Å². The molecule has 1 aromatic carbocycles. The van der Waals surface area contributed by atoms with Gasteiger partial charge >= 0.3 is 12.0 Å². The van der Waals surface area contributed by atoms with Gasteiger partial charge < -0.3 is 14.4 Å². The van der Waals surface area contributed by atoms with Gasteiger partial charge in [-0.25, -0.2) is 9.78 Å². The lowest BCUT2D eigenvalue weighted by atomic mass is 10.00. The summed E-state index contributed by atoms with van der Waals surface area (Å²) in [6.07, 6.45) is 8.55. The van der Waals surface area contributed by atoms with Crippen molar-refractivity contribution in [1.82, 2.24) is 14.5 Å². The van der Waals surface area contributed by atoms with Crippen molar-refractivity contribution in [3.63, 3.8) is 0 Å². The molecule has 2 atom stereocenters. The van der Waals surface area contributed by atoms with Crippen LogP contribution in [0.25, 0.3) is 0 Å². The number of piperidine rings is 1. The first-order valence-electron chi connectivity index (χ1n) is 9.96. The minimum absolute atomic E-state index is 0.00717. The first-order valence-corrected chi connectivity index (χ1v) is 10.3. The van der Waals surface area contributed by atoms with E-state index in [9.17, 15) is 9.59 Å². The van der Waals surface area contributed by atoms with Gasteiger partial charge in [0, 0.05) is 37.3 Å². The number of ether oxygens (including phenoxy) is 2. The zero-order valence-corrected chi connectivity index (χ0v) is 17.0. The number of carbonyl (C=O) groups is 2. The molecule has 154 valence electrons. The summed E-state index contributed by atoms with van der Waals surface area (Å²) in [6, 6.07) is 5.70. The summed E-state index contributed by atoms with van der Waals surface area (Å²) in [4.78, 5) is 30.4. The van der Waals surface area contributed by atoms with Crippen LogP contribution in [0.3, 0.4) is 0 Å². The van der Waals surface area contributed by atoms with E-state index in [4.69, 9.17) is 21.1 Å². The number of esters is 1. The van der Waals surface area contributed by atoms with Crippen LogP contribution in [0.1, 0.15) is 38.2 Å². The number of hydrogen-bond acceptors (Lipinski definition) is 5. The molecule has 3 heterocycles. The summed E-state index contributed by atoms with van der Waals surface area (Å²) >= 11 is 6.39. The van der Waals surface area contributed by atoms with Crippen LogP contribution in [0.15, 0.2) is 36.9 Å². The second-order valence-corrected chi connectivity index (χ2v) is 7.91. The molecule has 0 aliphatic carbocycles. The number of rotatable bonds is 5. The molecule has 2 aliphatic rings. The fourth-order valence-corrected chi connectivity index (χ4v) is 4.60. The Labute approximate surface area is 174 Å². The topological polar surface area (TPSA) is 73.7 Å². The van der Waals surface area contributed by atoms with Crippen LogP contribution < -0.4 is 4.74 Å². The van der Waals surface area contributed by atoms with E-state index >= 15 is 0 Å².